The largest absolute Gasteiger partial charge is 0.494 e. The summed E-state index contributed by atoms with van der Waals surface area (Å²) in [7, 11) is 0. The molecule has 1 heterocycles. The van der Waals surface area contributed by atoms with E-state index in [9.17, 15) is 0 Å². The van der Waals surface area contributed by atoms with Gasteiger partial charge in [-0.15, -0.1) is 0 Å². The molecular formula is C18H29NO2. The Balaban J connectivity index is 1.56. The average Bonchev–Trinajstić information content (AvgIpc) is 2.55. The third-order valence-corrected chi connectivity index (χ3v) is 4.41. The Bertz CT molecular complexity index is 400. The van der Waals surface area contributed by atoms with Crippen LogP contribution in [0.3, 0.4) is 0 Å². The summed E-state index contributed by atoms with van der Waals surface area (Å²) in [5.74, 6) is 1.54. The van der Waals surface area contributed by atoms with Gasteiger partial charge in [0.15, 0.2) is 0 Å². The Morgan fingerprint density at radius 1 is 1.24 bits per heavy atom. The minimum atomic E-state index is 0.360. The Labute approximate surface area is 128 Å². The van der Waals surface area contributed by atoms with Crippen molar-refractivity contribution in [1.29, 1.82) is 0 Å². The zero-order valence-electron chi connectivity index (χ0n) is 13.3. The molecule has 0 aromatic heterocycles. The van der Waals surface area contributed by atoms with Gasteiger partial charge in [0.2, 0.25) is 0 Å². The molecule has 0 bridgehead atoms. The second kappa shape index (κ2) is 9.06. The van der Waals surface area contributed by atoms with E-state index < -0.39 is 0 Å². The van der Waals surface area contributed by atoms with Gasteiger partial charge in [-0.25, -0.2) is 0 Å². The molecular weight excluding hydrogens is 262 g/mol. The lowest BCUT2D eigenvalue weighted by molar-refractivity contribution is 0.129. The van der Waals surface area contributed by atoms with E-state index in [-0.39, 0.29) is 0 Å². The molecule has 2 rings (SSSR count). The number of piperidine rings is 1. The van der Waals surface area contributed by atoms with Crippen molar-refractivity contribution < 1.29 is 9.84 Å². The number of aliphatic hydroxyl groups excluding tert-OH is 1. The van der Waals surface area contributed by atoms with Crippen molar-refractivity contribution in [1.82, 2.24) is 4.90 Å². The Kier molecular flexibility index (Phi) is 7.04. The van der Waals surface area contributed by atoms with E-state index in [2.05, 4.69) is 30.0 Å². The van der Waals surface area contributed by atoms with Crippen molar-refractivity contribution in [2.45, 2.75) is 39.0 Å². The summed E-state index contributed by atoms with van der Waals surface area (Å²) < 4.78 is 5.82. The van der Waals surface area contributed by atoms with Crippen LogP contribution in [-0.2, 0) is 6.42 Å². The van der Waals surface area contributed by atoms with Crippen LogP contribution in [0.25, 0.3) is 0 Å². The van der Waals surface area contributed by atoms with Gasteiger partial charge in [0.05, 0.1) is 6.61 Å². The molecule has 0 atom stereocenters. The Hall–Kier alpha value is -1.06. The van der Waals surface area contributed by atoms with Crippen molar-refractivity contribution in [3.05, 3.63) is 29.8 Å². The van der Waals surface area contributed by atoms with Crippen LogP contribution in [0, 0.1) is 5.92 Å². The summed E-state index contributed by atoms with van der Waals surface area (Å²) in [6, 6.07) is 8.39. The molecule has 0 saturated carbocycles. The van der Waals surface area contributed by atoms with Gasteiger partial charge in [0, 0.05) is 6.61 Å². The second-order valence-electron chi connectivity index (χ2n) is 6.02. The molecule has 1 saturated heterocycles. The maximum Gasteiger partial charge on any atom is 0.119 e. The minimum Gasteiger partial charge on any atom is -0.494 e. The molecule has 21 heavy (non-hydrogen) atoms. The number of hydrogen-bond acceptors (Lipinski definition) is 3. The first-order valence-corrected chi connectivity index (χ1v) is 8.36. The van der Waals surface area contributed by atoms with Crippen molar-refractivity contribution in [2.24, 2.45) is 5.92 Å². The van der Waals surface area contributed by atoms with E-state index in [0.717, 1.165) is 57.7 Å². The molecule has 1 fully saturated rings. The molecule has 0 amide bonds. The molecule has 1 aromatic carbocycles. The van der Waals surface area contributed by atoms with E-state index >= 15 is 0 Å². The lowest BCUT2D eigenvalue weighted by atomic mass is 9.98. The highest BCUT2D eigenvalue weighted by Gasteiger charge is 2.17. The number of nitrogens with zero attached hydrogens (tertiary/aromatic N) is 1. The fourth-order valence-electron chi connectivity index (χ4n) is 2.88. The third kappa shape index (κ3) is 5.68. The quantitative estimate of drug-likeness (QED) is 0.747. The molecule has 3 heteroatoms. The maximum absolute atomic E-state index is 9.13. The van der Waals surface area contributed by atoms with E-state index in [1.54, 1.807) is 0 Å². The molecule has 0 radical (unpaired) electrons. The lowest BCUT2D eigenvalue weighted by Crippen LogP contribution is -2.35. The van der Waals surface area contributed by atoms with Gasteiger partial charge in [-0.3, -0.25) is 0 Å². The first-order valence-electron chi connectivity index (χ1n) is 8.36. The fraction of sp³-hybridized carbons (Fsp3) is 0.667. The number of aryl methyl sites for hydroxylation is 1. The van der Waals surface area contributed by atoms with Gasteiger partial charge in [-0.2, -0.15) is 0 Å². The summed E-state index contributed by atoms with van der Waals surface area (Å²) >= 11 is 0. The molecule has 0 unspecified atom stereocenters. The summed E-state index contributed by atoms with van der Waals surface area (Å²) in [4.78, 5) is 2.52. The number of benzene rings is 1. The molecule has 1 aromatic rings. The number of rotatable bonds is 8. The van der Waals surface area contributed by atoms with Crippen molar-refractivity contribution >= 4 is 0 Å². The maximum atomic E-state index is 9.13. The topological polar surface area (TPSA) is 32.7 Å². The lowest BCUT2D eigenvalue weighted by Gasteiger charge is -2.30. The van der Waals surface area contributed by atoms with Crippen molar-refractivity contribution in [3.63, 3.8) is 0 Å². The van der Waals surface area contributed by atoms with Gasteiger partial charge in [-0.1, -0.05) is 19.1 Å². The zero-order valence-corrected chi connectivity index (χ0v) is 13.3. The van der Waals surface area contributed by atoms with Crippen LogP contribution in [0.5, 0.6) is 5.75 Å². The van der Waals surface area contributed by atoms with Crippen LogP contribution in [-0.4, -0.2) is 42.9 Å². The minimum absolute atomic E-state index is 0.360. The van der Waals surface area contributed by atoms with E-state index in [1.807, 2.05) is 6.07 Å². The van der Waals surface area contributed by atoms with Crippen molar-refractivity contribution in [2.75, 3.05) is 32.8 Å². The molecule has 0 spiro atoms. The normalized spacial score (nSPS) is 17.0. The smallest absolute Gasteiger partial charge is 0.119 e. The summed E-state index contributed by atoms with van der Waals surface area (Å²) in [5, 5.41) is 9.13. The standard InChI is InChI=1S/C18H29NO2/c1-2-16-6-5-7-18(14-16)21-13-4-3-10-19-11-8-17(15-20)9-12-19/h5-7,14,17,20H,2-4,8-13,15H2,1H3. The number of hydrogen-bond donors (Lipinski definition) is 1. The van der Waals surface area contributed by atoms with E-state index in [4.69, 9.17) is 9.84 Å². The van der Waals surface area contributed by atoms with E-state index in [1.165, 1.54) is 12.0 Å². The zero-order chi connectivity index (χ0) is 14.9. The predicted octanol–water partition coefficient (Wildman–Crippen LogP) is 3.11. The van der Waals surface area contributed by atoms with Crippen LogP contribution in [0.1, 0.15) is 38.2 Å². The van der Waals surface area contributed by atoms with Crippen LogP contribution in [0.4, 0.5) is 0 Å². The predicted molar refractivity (Wildman–Crippen MR) is 86.8 cm³/mol. The van der Waals surface area contributed by atoms with Crippen LogP contribution < -0.4 is 4.74 Å². The average molecular weight is 291 g/mol. The molecule has 118 valence electrons. The summed E-state index contributed by atoms with van der Waals surface area (Å²) in [6.45, 7) is 6.78. The van der Waals surface area contributed by atoms with Gasteiger partial charge in [0.25, 0.3) is 0 Å². The number of ether oxygens (including phenoxy) is 1. The van der Waals surface area contributed by atoms with Crippen LogP contribution in [0.15, 0.2) is 24.3 Å². The molecule has 0 aliphatic carbocycles. The Morgan fingerprint density at radius 3 is 2.76 bits per heavy atom. The summed E-state index contributed by atoms with van der Waals surface area (Å²) in [5.41, 5.74) is 1.33. The number of aliphatic hydroxyl groups is 1. The van der Waals surface area contributed by atoms with Crippen LogP contribution in [0.2, 0.25) is 0 Å². The number of unbranched alkanes of at least 4 members (excludes halogenated alkanes) is 1. The first-order chi connectivity index (χ1) is 10.3. The molecule has 1 aliphatic heterocycles. The van der Waals surface area contributed by atoms with Gasteiger partial charge in [0.1, 0.15) is 5.75 Å². The highest BCUT2D eigenvalue weighted by Crippen LogP contribution is 2.17. The van der Waals surface area contributed by atoms with Gasteiger partial charge in [-0.05, 0) is 75.4 Å². The first kappa shape index (κ1) is 16.3. The fourth-order valence-corrected chi connectivity index (χ4v) is 2.88. The second-order valence-corrected chi connectivity index (χ2v) is 6.02. The van der Waals surface area contributed by atoms with Gasteiger partial charge >= 0.3 is 0 Å². The highest BCUT2D eigenvalue weighted by molar-refractivity contribution is 5.28. The summed E-state index contributed by atoms with van der Waals surface area (Å²) in [6.07, 6.45) is 5.65. The van der Waals surface area contributed by atoms with Crippen molar-refractivity contribution in [3.8, 4) is 5.75 Å². The number of likely N-dealkylation sites (tertiary alicyclic amines) is 1. The third-order valence-electron chi connectivity index (χ3n) is 4.41. The van der Waals surface area contributed by atoms with E-state index in [0.29, 0.717) is 12.5 Å². The molecule has 3 nitrogen and oxygen atoms in total. The van der Waals surface area contributed by atoms with Gasteiger partial charge < -0.3 is 14.7 Å². The molecule has 1 N–H and O–H groups in total. The molecule has 1 aliphatic rings. The van der Waals surface area contributed by atoms with Crippen LogP contribution >= 0.6 is 0 Å². The SMILES string of the molecule is CCc1cccc(OCCCCN2CCC(CO)CC2)c1. The Morgan fingerprint density at radius 2 is 2.05 bits per heavy atom. The monoisotopic (exact) mass is 291 g/mol. The highest BCUT2D eigenvalue weighted by atomic mass is 16.5.